The second-order valence-electron chi connectivity index (χ2n) is 21.3. The lowest BCUT2D eigenvalue weighted by Crippen LogP contribution is -2.18. The number of anilines is 7. The Balaban J connectivity index is 0.832. The van der Waals surface area contributed by atoms with E-state index in [9.17, 15) is 0 Å². The summed E-state index contributed by atoms with van der Waals surface area (Å²) in [6.45, 7) is 5.55. The molecule has 14 aromatic rings. The van der Waals surface area contributed by atoms with Crippen LogP contribution in [0, 0.1) is 0 Å². The lowest BCUT2D eigenvalue weighted by Gasteiger charge is -2.28. The molecule has 0 radical (unpaired) electrons. The van der Waals surface area contributed by atoms with Crippen molar-refractivity contribution in [3.8, 4) is 33.4 Å². The van der Waals surface area contributed by atoms with Crippen molar-refractivity contribution in [1.82, 2.24) is 0 Å². The highest BCUT2D eigenvalue weighted by atomic mass is 16.3. The summed E-state index contributed by atoms with van der Waals surface area (Å²) in [6.07, 6.45) is 6.81. The van der Waals surface area contributed by atoms with E-state index in [1.165, 1.54) is 43.4 Å². The first-order chi connectivity index (χ1) is 41.1. The van der Waals surface area contributed by atoms with E-state index >= 15 is 0 Å². The van der Waals surface area contributed by atoms with Crippen LogP contribution in [0.5, 0.6) is 0 Å². The van der Waals surface area contributed by atoms with Crippen LogP contribution in [0.3, 0.4) is 0 Å². The summed E-state index contributed by atoms with van der Waals surface area (Å²) in [5.41, 5.74) is 19.0. The largest absolute Gasteiger partial charge is 0.455 e. The van der Waals surface area contributed by atoms with Gasteiger partial charge in [0.2, 0.25) is 0 Å². The van der Waals surface area contributed by atoms with Crippen LogP contribution in [0.1, 0.15) is 5.56 Å². The Morgan fingerprint density at radius 1 is 0.337 bits per heavy atom. The molecule has 4 heteroatoms. The summed E-state index contributed by atoms with van der Waals surface area (Å²) < 4.78 is 6.46. The molecule has 0 unspecified atom stereocenters. The Morgan fingerprint density at radius 2 is 0.807 bits per heavy atom. The van der Waals surface area contributed by atoms with Crippen molar-refractivity contribution in [2.75, 3.05) is 21.2 Å². The van der Waals surface area contributed by atoms with Gasteiger partial charge in [0.25, 0.3) is 0 Å². The molecule has 4 nitrogen and oxygen atoms in total. The molecule has 0 N–H and O–H groups in total. The van der Waals surface area contributed by atoms with Crippen LogP contribution in [-0.4, -0.2) is 6.54 Å². The van der Waals surface area contributed by atoms with Crippen LogP contribution in [0.2, 0.25) is 0 Å². The topological polar surface area (TPSA) is 22.9 Å². The van der Waals surface area contributed by atoms with Crippen LogP contribution >= 0.6 is 0 Å². The maximum absolute atomic E-state index is 6.46. The maximum Gasteiger partial charge on any atom is 0.143 e. The summed E-state index contributed by atoms with van der Waals surface area (Å²) in [4.78, 5) is 7.11. The predicted molar refractivity (Wildman–Crippen MR) is 352 cm³/mol. The lowest BCUT2D eigenvalue weighted by atomic mass is 9.93. The van der Waals surface area contributed by atoms with Crippen LogP contribution in [0.4, 0.5) is 39.8 Å². The SMILES string of the molecule is C=C1/C=C(N(c2ccccc2)c2ccc(-c3ccccc3)cc2)\C=C/CN(c2ccc3c4ccccc4c4ccccc4c3c2)c2ccc(-c3ccc(N(c4ccccc4)c4ccc(-c5cccc6c5oc5ccccc56)cc4)cc3)cc21. The molecule has 0 spiro atoms. The Kier molecular flexibility index (Phi) is 12.4. The standard InChI is InChI=1S/C79H55N3O/c1-54-51-66(82(61-23-9-4-10-24-61)64-41-34-56(35-42-64)55-19-5-2-6-20-55)25-18-50-80(65-47-48-72-70-28-12-11-26-68(70)69-27-13-14-29-71(69)76(72)53-65)77-49-40-59(52-75(54)77)57-36-43-62(44-37-57)81(60-21-7-3-8-22-60)63-45-38-58(39-46-63)67-31-17-32-74-73-30-15-16-33-78(73)83-79(67)74/h2-49,51-53H,1,50H2/b25-18-,66-51+. The van der Waals surface area contributed by atoms with Gasteiger partial charge in [-0.1, -0.05) is 213 Å². The summed E-state index contributed by atoms with van der Waals surface area (Å²) in [5.74, 6) is 0. The molecule has 0 fully saturated rings. The number of fused-ring (bicyclic) bond motifs is 10. The van der Waals surface area contributed by atoms with Gasteiger partial charge in [0.15, 0.2) is 0 Å². The molecule has 0 amide bonds. The van der Waals surface area contributed by atoms with Crippen molar-refractivity contribution in [2.24, 2.45) is 0 Å². The summed E-state index contributed by atoms with van der Waals surface area (Å²) in [6, 6.07) is 105. The number of para-hydroxylation sites is 4. The Hall–Kier alpha value is -10.9. The van der Waals surface area contributed by atoms with Gasteiger partial charge in [-0.2, -0.15) is 0 Å². The molecule has 1 aromatic heterocycles. The van der Waals surface area contributed by atoms with Crippen LogP contribution < -0.4 is 14.7 Å². The minimum Gasteiger partial charge on any atom is -0.455 e. The summed E-state index contributed by atoms with van der Waals surface area (Å²) in [5, 5.41) is 9.74. The number of hydrogen-bond acceptors (Lipinski definition) is 4. The fourth-order valence-corrected chi connectivity index (χ4v) is 12.4. The minimum atomic E-state index is 0.615. The van der Waals surface area contributed by atoms with Gasteiger partial charge in [0.1, 0.15) is 11.2 Å². The van der Waals surface area contributed by atoms with Crippen molar-refractivity contribution < 1.29 is 4.42 Å². The van der Waals surface area contributed by atoms with E-state index in [4.69, 9.17) is 11.0 Å². The lowest BCUT2D eigenvalue weighted by molar-refractivity contribution is 0.670. The molecule has 0 atom stereocenters. The van der Waals surface area contributed by atoms with E-state index in [1.807, 2.05) is 12.1 Å². The quantitative estimate of drug-likeness (QED) is 0.127. The zero-order valence-electron chi connectivity index (χ0n) is 45.6. The summed E-state index contributed by atoms with van der Waals surface area (Å²) >= 11 is 0. The monoisotopic (exact) mass is 1060 g/mol. The zero-order valence-corrected chi connectivity index (χ0v) is 45.6. The third kappa shape index (κ3) is 9.00. The first-order valence-electron chi connectivity index (χ1n) is 28.4. The number of hydrogen-bond donors (Lipinski definition) is 0. The zero-order chi connectivity index (χ0) is 55.2. The van der Waals surface area contributed by atoms with E-state index in [-0.39, 0.29) is 0 Å². The molecule has 392 valence electrons. The van der Waals surface area contributed by atoms with Gasteiger partial charge in [-0.25, -0.2) is 0 Å². The first-order valence-corrected chi connectivity index (χ1v) is 28.4. The van der Waals surface area contributed by atoms with Crippen molar-refractivity contribution in [3.05, 3.63) is 327 Å². The average molecular weight is 1060 g/mol. The molecule has 0 saturated carbocycles. The van der Waals surface area contributed by atoms with Gasteiger partial charge in [0.05, 0.1) is 0 Å². The van der Waals surface area contributed by atoms with Crippen molar-refractivity contribution >= 4 is 99.6 Å². The third-order valence-corrected chi connectivity index (χ3v) is 16.4. The van der Waals surface area contributed by atoms with Gasteiger partial charge in [-0.15, -0.1) is 0 Å². The molecule has 15 rings (SSSR count). The van der Waals surface area contributed by atoms with E-state index in [0.29, 0.717) is 6.54 Å². The number of benzene rings is 13. The molecule has 2 heterocycles. The Bertz CT molecular complexity index is 4780. The minimum absolute atomic E-state index is 0.615. The van der Waals surface area contributed by atoms with Crippen LogP contribution in [0.15, 0.2) is 326 Å². The van der Waals surface area contributed by atoms with Gasteiger partial charge in [-0.3, -0.25) is 0 Å². The van der Waals surface area contributed by atoms with Crippen LogP contribution in [-0.2, 0) is 0 Å². The van der Waals surface area contributed by atoms with Gasteiger partial charge < -0.3 is 19.1 Å². The highest BCUT2D eigenvalue weighted by Gasteiger charge is 2.23. The molecule has 1 aliphatic heterocycles. The van der Waals surface area contributed by atoms with Gasteiger partial charge >= 0.3 is 0 Å². The van der Waals surface area contributed by atoms with E-state index in [2.05, 4.69) is 312 Å². The number of rotatable bonds is 10. The van der Waals surface area contributed by atoms with Crippen LogP contribution in [0.25, 0.3) is 93.2 Å². The fraction of sp³-hybridized carbons (Fsp3) is 0.0127. The Morgan fingerprint density at radius 3 is 1.45 bits per heavy atom. The highest BCUT2D eigenvalue weighted by Crippen LogP contribution is 2.44. The van der Waals surface area contributed by atoms with Crippen molar-refractivity contribution in [1.29, 1.82) is 0 Å². The number of nitrogens with zero attached hydrogens (tertiary/aromatic N) is 3. The van der Waals surface area contributed by atoms with Crippen molar-refractivity contribution in [2.45, 2.75) is 0 Å². The van der Waals surface area contributed by atoms with E-state index in [1.54, 1.807) is 0 Å². The highest BCUT2D eigenvalue weighted by molar-refractivity contribution is 6.26. The second-order valence-corrected chi connectivity index (χ2v) is 21.3. The van der Waals surface area contributed by atoms with E-state index in [0.717, 1.165) is 101 Å². The maximum atomic E-state index is 6.46. The molecule has 1 aliphatic rings. The molecule has 0 bridgehead atoms. The number of furan rings is 1. The van der Waals surface area contributed by atoms with E-state index < -0.39 is 0 Å². The fourth-order valence-electron chi connectivity index (χ4n) is 12.4. The van der Waals surface area contributed by atoms with Gasteiger partial charge in [0, 0.05) is 74.0 Å². The van der Waals surface area contributed by atoms with Gasteiger partial charge in [-0.05, 0) is 169 Å². The Labute approximate surface area is 483 Å². The summed E-state index contributed by atoms with van der Waals surface area (Å²) in [7, 11) is 0. The number of allylic oxidation sites excluding steroid dienone is 3. The predicted octanol–water partition coefficient (Wildman–Crippen LogP) is 22.0. The molecule has 0 aliphatic carbocycles. The average Bonchev–Trinajstić information content (AvgIpc) is 4.07. The smallest absolute Gasteiger partial charge is 0.143 e. The molecular formula is C79H55N3O. The normalized spacial score (nSPS) is 13.6. The molecular weight excluding hydrogens is 1010 g/mol. The molecule has 83 heavy (non-hydrogen) atoms. The molecule has 13 aromatic carbocycles. The third-order valence-electron chi connectivity index (χ3n) is 16.4. The van der Waals surface area contributed by atoms with Crippen molar-refractivity contribution in [3.63, 3.8) is 0 Å². The second kappa shape index (κ2) is 20.9. The molecule has 0 saturated heterocycles. The first kappa shape index (κ1) is 49.1.